The van der Waals surface area contributed by atoms with Crippen LogP contribution in [-0.4, -0.2) is 11.1 Å². The van der Waals surface area contributed by atoms with Crippen molar-refractivity contribution in [2.24, 2.45) is 11.7 Å². The van der Waals surface area contributed by atoms with Crippen LogP contribution in [0.3, 0.4) is 0 Å². The summed E-state index contributed by atoms with van der Waals surface area (Å²) < 4.78 is 0.203. The van der Waals surface area contributed by atoms with E-state index in [0.717, 1.165) is 11.3 Å². The molecule has 0 unspecified atom stereocenters. The van der Waals surface area contributed by atoms with Crippen molar-refractivity contribution < 1.29 is 9.90 Å². The normalized spacial score (nSPS) is 9.00. The fraction of sp³-hybridized carbons (Fsp3) is 0. The minimum atomic E-state index is -1.12. The Balaban J connectivity index is 0.000000671. The second-order valence-corrected chi connectivity index (χ2v) is 4.02. The molecule has 1 aromatic rings. The number of aromatic carboxylic acids is 1. The minimum Gasteiger partial charge on any atom is -0.477 e. The van der Waals surface area contributed by atoms with Gasteiger partial charge >= 0.3 is 5.97 Å². The lowest BCUT2D eigenvalue weighted by molar-refractivity contribution is 0.0702. The standard InChI is InChI=1S/C5HCl3O2S.H4N2/c6-1-2(7)4(8)11-3(1)5(9)10;1-2/h(H,9,10);1-2H2. The Labute approximate surface area is 93.0 Å². The Bertz CT molecular complexity index is 315. The molecule has 1 aromatic heterocycles. The SMILES string of the molecule is NN.O=C(O)c1sc(Cl)c(Cl)c1Cl. The van der Waals surface area contributed by atoms with E-state index in [4.69, 9.17) is 39.9 Å². The van der Waals surface area contributed by atoms with Gasteiger partial charge in [0.05, 0.1) is 10.0 Å². The second kappa shape index (κ2) is 5.64. The molecule has 0 bridgehead atoms. The van der Waals surface area contributed by atoms with E-state index in [1.807, 2.05) is 0 Å². The van der Waals surface area contributed by atoms with E-state index in [1.54, 1.807) is 0 Å². The predicted octanol–water partition coefficient (Wildman–Crippen LogP) is 2.23. The molecule has 0 aromatic carbocycles. The quantitative estimate of drug-likeness (QED) is 0.535. The van der Waals surface area contributed by atoms with Gasteiger partial charge in [-0.2, -0.15) is 0 Å². The average Bonchev–Trinajstić information content (AvgIpc) is 2.36. The van der Waals surface area contributed by atoms with Crippen molar-refractivity contribution in [3.05, 3.63) is 19.3 Å². The van der Waals surface area contributed by atoms with Crippen LogP contribution in [0.15, 0.2) is 0 Å². The Morgan fingerprint density at radius 3 is 1.85 bits per heavy atom. The van der Waals surface area contributed by atoms with Crippen LogP contribution in [0.4, 0.5) is 0 Å². The Morgan fingerprint density at radius 2 is 1.69 bits per heavy atom. The van der Waals surface area contributed by atoms with Gasteiger partial charge in [-0.05, 0) is 0 Å². The first kappa shape index (κ1) is 13.0. The highest BCUT2D eigenvalue weighted by Crippen LogP contribution is 2.40. The van der Waals surface area contributed by atoms with E-state index >= 15 is 0 Å². The lowest BCUT2D eigenvalue weighted by Gasteiger charge is -1.86. The molecule has 0 saturated carbocycles. The van der Waals surface area contributed by atoms with Crippen LogP contribution in [0.5, 0.6) is 0 Å². The fourth-order valence-corrected chi connectivity index (χ4v) is 2.14. The van der Waals surface area contributed by atoms with Crippen LogP contribution in [0.2, 0.25) is 14.4 Å². The van der Waals surface area contributed by atoms with Crippen molar-refractivity contribution in [3.63, 3.8) is 0 Å². The molecule has 0 amide bonds. The lowest BCUT2D eigenvalue weighted by atomic mass is 10.5. The number of nitrogens with two attached hydrogens (primary N) is 2. The van der Waals surface area contributed by atoms with E-state index in [0.29, 0.717) is 0 Å². The third-order valence-corrected chi connectivity index (χ3v) is 3.51. The highest BCUT2D eigenvalue weighted by atomic mass is 35.5. The van der Waals surface area contributed by atoms with Crippen molar-refractivity contribution in [2.75, 3.05) is 0 Å². The number of hydrazine groups is 1. The van der Waals surface area contributed by atoms with Crippen LogP contribution in [0.1, 0.15) is 9.67 Å². The molecule has 0 aliphatic carbocycles. The zero-order valence-corrected chi connectivity index (χ0v) is 9.14. The smallest absolute Gasteiger partial charge is 0.347 e. The Hall–Kier alpha value is -0.0400. The molecule has 74 valence electrons. The van der Waals surface area contributed by atoms with Crippen LogP contribution >= 0.6 is 46.1 Å². The lowest BCUT2D eigenvalue weighted by Crippen LogP contribution is -2.02. The number of rotatable bonds is 1. The summed E-state index contributed by atoms with van der Waals surface area (Å²) in [7, 11) is 0. The number of halogens is 3. The molecule has 13 heavy (non-hydrogen) atoms. The summed E-state index contributed by atoms with van der Waals surface area (Å²) in [4.78, 5) is 10.4. The summed E-state index contributed by atoms with van der Waals surface area (Å²) in [6, 6.07) is 0. The monoisotopic (exact) mass is 262 g/mol. The molecule has 0 spiro atoms. The molecule has 0 radical (unpaired) electrons. The van der Waals surface area contributed by atoms with E-state index in [9.17, 15) is 4.79 Å². The molecule has 0 fully saturated rings. The molecule has 0 atom stereocenters. The van der Waals surface area contributed by atoms with Gasteiger partial charge in [0.1, 0.15) is 9.21 Å². The number of carboxylic acid groups (broad SMARTS) is 1. The molecule has 5 N–H and O–H groups in total. The van der Waals surface area contributed by atoms with Gasteiger partial charge in [-0.25, -0.2) is 4.79 Å². The van der Waals surface area contributed by atoms with Gasteiger partial charge in [0.15, 0.2) is 0 Å². The van der Waals surface area contributed by atoms with Crippen LogP contribution in [-0.2, 0) is 0 Å². The zero-order chi connectivity index (χ0) is 10.6. The van der Waals surface area contributed by atoms with E-state index in [-0.39, 0.29) is 19.3 Å². The zero-order valence-electron chi connectivity index (χ0n) is 6.05. The first-order valence-electron chi connectivity index (χ1n) is 2.74. The average molecular weight is 264 g/mol. The largest absolute Gasteiger partial charge is 0.477 e. The summed E-state index contributed by atoms with van der Waals surface area (Å²) >= 11 is 17.4. The van der Waals surface area contributed by atoms with Crippen molar-refractivity contribution in [2.45, 2.75) is 0 Å². The highest BCUT2D eigenvalue weighted by molar-refractivity contribution is 7.19. The fourth-order valence-electron chi connectivity index (χ4n) is 0.503. The number of carbonyl (C=O) groups is 1. The van der Waals surface area contributed by atoms with Crippen LogP contribution in [0.25, 0.3) is 0 Å². The Morgan fingerprint density at radius 1 is 1.23 bits per heavy atom. The summed E-state index contributed by atoms with van der Waals surface area (Å²) in [6.45, 7) is 0. The molecule has 1 rings (SSSR count). The second-order valence-electron chi connectivity index (χ2n) is 1.64. The summed E-state index contributed by atoms with van der Waals surface area (Å²) in [5.41, 5.74) is 0. The summed E-state index contributed by atoms with van der Waals surface area (Å²) in [5, 5.41) is 8.63. The van der Waals surface area contributed by atoms with Crippen molar-refractivity contribution in [1.82, 2.24) is 0 Å². The third kappa shape index (κ3) is 2.98. The van der Waals surface area contributed by atoms with Gasteiger partial charge in [0.2, 0.25) is 0 Å². The molecule has 0 saturated heterocycles. The van der Waals surface area contributed by atoms with Gasteiger partial charge in [0, 0.05) is 0 Å². The van der Waals surface area contributed by atoms with Crippen LogP contribution in [0, 0.1) is 0 Å². The molecule has 1 heterocycles. The number of hydrogen-bond acceptors (Lipinski definition) is 4. The van der Waals surface area contributed by atoms with Crippen molar-refractivity contribution in [3.8, 4) is 0 Å². The number of hydrogen-bond donors (Lipinski definition) is 3. The maximum atomic E-state index is 10.4. The number of thiophene rings is 1. The molecule has 0 aliphatic heterocycles. The first-order chi connectivity index (χ1) is 6.04. The molecule has 8 heteroatoms. The highest BCUT2D eigenvalue weighted by Gasteiger charge is 2.18. The minimum absolute atomic E-state index is 0.00849. The maximum Gasteiger partial charge on any atom is 0.347 e. The predicted molar refractivity (Wildman–Crippen MR) is 54.7 cm³/mol. The first-order valence-corrected chi connectivity index (χ1v) is 4.69. The summed E-state index contributed by atoms with van der Waals surface area (Å²) in [5.74, 6) is 6.88. The van der Waals surface area contributed by atoms with E-state index in [2.05, 4.69) is 11.7 Å². The topological polar surface area (TPSA) is 89.3 Å². The number of carboxylic acids is 1. The third-order valence-electron chi connectivity index (χ3n) is 0.951. The van der Waals surface area contributed by atoms with Crippen molar-refractivity contribution in [1.29, 1.82) is 0 Å². The summed E-state index contributed by atoms with van der Waals surface area (Å²) in [6.07, 6.45) is 0. The van der Waals surface area contributed by atoms with Gasteiger partial charge in [0.25, 0.3) is 0 Å². The molecule has 0 aliphatic rings. The van der Waals surface area contributed by atoms with Gasteiger partial charge < -0.3 is 5.11 Å². The van der Waals surface area contributed by atoms with E-state index in [1.165, 1.54) is 0 Å². The van der Waals surface area contributed by atoms with Crippen LogP contribution < -0.4 is 11.7 Å². The molecule has 4 nitrogen and oxygen atoms in total. The molecular formula is C5H5Cl3N2O2S. The van der Waals surface area contributed by atoms with Gasteiger partial charge in [-0.3, -0.25) is 11.7 Å². The van der Waals surface area contributed by atoms with Crippen molar-refractivity contribution >= 4 is 52.1 Å². The van der Waals surface area contributed by atoms with Gasteiger partial charge in [-0.15, -0.1) is 11.3 Å². The van der Waals surface area contributed by atoms with E-state index < -0.39 is 5.97 Å². The molecular weight excluding hydrogens is 258 g/mol. The Kier molecular flexibility index (Phi) is 5.62. The maximum absolute atomic E-state index is 10.4. The van der Waals surface area contributed by atoms with Gasteiger partial charge in [-0.1, -0.05) is 34.8 Å².